The normalized spacial score (nSPS) is 10.5. The topological polar surface area (TPSA) is 75.4 Å². The summed E-state index contributed by atoms with van der Waals surface area (Å²) in [5.41, 5.74) is 1.04. The van der Waals surface area contributed by atoms with E-state index in [4.69, 9.17) is 4.52 Å². The molecule has 2 rings (SSSR count). The summed E-state index contributed by atoms with van der Waals surface area (Å²) in [6.45, 7) is 2.27. The van der Waals surface area contributed by atoms with Gasteiger partial charge in [-0.2, -0.15) is 0 Å². The van der Waals surface area contributed by atoms with Crippen molar-refractivity contribution >= 4 is 45.3 Å². The molecule has 8 heteroatoms. The van der Waals surface area contributed by atoms with Gasteiger partial charge in [-0.25, -0.2) is 0 Å². The molecular formula is C16H18BrN3O3S. The summed E-state index contributed by atoms with van der Waals surface area (Å²) < 4.78 is 5.84. The number of nitrogens with one attached hydrogen (secondary N) is 1. The van der Waals surface area contributed by atoms with Crippen LogP contribution < -0.4 is 5.32 Å². The second-order valence-electron chi connectivity index (χ2n) is 5.20. The average Bonchev–Trinajstić information content (AvgIpc) is 2.94. The molecule has 0 bridgehead atoms. The molecule has 2 amide bonds. The number of thioether (sulfide) groups is 1. The van der Waals surface area contributed by atoms with Crippen LogP contribution in [-0.2, 0) is 16.1 Å². The van der Waals surface area contributed by atoms with Gasteiger partial charge in [0.15, 0.2) is 5.82 Å². The van der Waals surface area contributed by atoms with Crippen molar-refractivity contribution in [2.45, 2.75) is 13.5 Å². The molecule has 0 saturated heterocycles. The summed E-state index contributed by atoms with van der Waals surface area (Å²) in [6.07, 6.45) is 0. The highest BCUT2D eigenvalue weighted by Crippen LogP contribution is 2.17. The Morgan fingerprint density at radius 3 is 2.75 bits per heavy atom. The molecular weight excluding hydrogens is 394 g/mol. The Hall–Kier alpha value is -1.80. The number of nitrogens with zero attached hydrogens (tertiary/aromatic N) is 2. The molecule has 0 aliphatic carbocycles. The predicted octanol–water partition coefficient (Wildman–Crippen LogP) is 3.08. The van der Waals surface area contributed by atoms with Crippen LogP contribution in [0.25, 0.3) is 0 Å². The summed E-state index contributed by atoms with van der Waals surface area (Å²) in [5, 5.41) is 6.30. The van der Waals surface area contributed by atoms with Gasteiger partial charge in [0.05, 0.1) is 11.5 Å². The lowest BCUT2D eigenvalue weighted by atomic mass is 10.2. The van der Waals surface area contributed by atoms with Crippen LogP contribution >= 0.6 is 27.7 Å². The van der Waals surface area contributed by atoms with Crippen LogP contribution in [0.5, 0.6) is 0 Å². The number of carbonyl (C=O) groups is 2. The monoisotopic (exact) mass is 411 g/mol. The lowest BCUT2D eigenvalue weighted by Crippen LogP contribution is -2.28. The summed E-state index contributed by atoms with van der Waals surface area (Å²) in [4.78, 5) is 25.5. The van der Waals surface area contributed by atoms with E-state index in [1.165, 1.54) is 11.8 Å². The maximum Gasteiger partial charge on any atom is 0.235 e. The molecule has 1 aromatic carbocycles. The average molecular weight is 412 g/mol. The molecule has 2 aromatic rings. The van der Waals surface area contributed by atoms with Gasteiger partial charge in [-0.05, 0) is 18.6 Å². The van der Waals surface area contributed by atoms with Gasteiger partial charge in [0, 0.05) is 24.1 Å². The highest BCUT2D eigenvalue weighted by Gasteiger charge is 2.12. The van der Waals surface area contributed by atoms with Crippen LogP contribution in [0, 0.1) is 6.92 Å². The largest absolute Gasteiger partial charge is 0.360 e. The number of aryl methyl sites for hydroxylation is 1. The number of hydrogen-bond donors (Lipinski definition) is 1. The fourth-order valence-corrected chi connectivity index (χ4v) is 3.08. The molecule has 1 N–H and O–H groups in total. The third-order valence-electron chi connectivity index (χ3n) is 3.15. The van der Waals surface area contributed by atoms with Gasteiger partial charge in [-0.15, -0.1) is 11.8 Å². The number of carbonyl (C=O) groups excluding carboxylic acids is 2. The Morgan fingerprint density at radius 1 is 1.33 bits per heavy atom. The van der Waals surface area contributed by atoms with Crippen LogP contribution in [0.3, 0.4) is 0 Å². The van der Waals surface area contributed by atoms with Crippen molar-refractivity contribution in [3.63, 3.8) is 0 Å². The Balaban J connectivity index is 1.72. The van der Waals surface area contributed by atoms with Crippen molar-refractivity contribution in [1.29, 1.82) is 0 Å². The third-order valence-corrected chi connectivity index (χ3v) is 4.84. The van der Waals surface area contributed by atoms with Gasteiger partial charge in [0.2, 0.25) is 11.8 Å². The Kier molecular flexibility index (Phi) is 6.86. The van der Waals surface area contributed by atoms with E-state index in [9.17, 15) is 9.59 Å². The van der Waals surface area contributed by atoms with E-state index in [1.54, 1.807) is 24.9 Å². The summed E-state index contributed by atoms with van der Waals surface area (Å²) in [6, 6.07) is 9.41. The van der Waals surface area contributed by atoms with Crippen molar-refractivity contribution in [3.05, 3.63) is 46.1 Å². The maximum absolute atomic E-state index is 12.1. The smallest absolute Gasteiger partial charge is 0.235 e. The third kappa shape index (κ3) is 5.68. The number of hydrogen-bond acceptors (Lipinski definition) is 5. The number of halogens is 1. The minimum atomic E-state index is -0.213. The van der Waals surface area contributed by atoms with E-state index in [1.807, 2.05) is 24.3 Å². The van der Waals surface area contributed by atoms with Crippen LogP contribution in [0.1, 0.15) is 11.3 Å². The van der Waals surface area contributed by atoms with E-state index in [0.717, 1.165) is 10.0 Å². The van der Waals surface area contributed by atoms with Crippen molar-refractivity contribution in [2.24, 2.45) is 0 Å². The first kappa shape index (κ1) is 18.5. The lowest BCUT2D eigenvalue weighted by Gasteiger charge is -2.17. The molecule has 0 spiro atoms. The summed E-state index contributed by atoms with van der Waals surface area (Å²) in [5.74, 6) is 1.19. The first-order valence-corrected chi connectivity index (χ1v) is 9.18. The number of amides is 2. The van der Waals surface area contributed by atoms with Gasteiger partial charge < -0.3 is 14.7 Å². The number of aromatic nitrogens is 1. The zero-order valence-electron chi connectivity index (χ0n) is 13.4. The SMILES string of the molecule is Cc1cc(NC(=O)CSCC(=O)N(C)Cc2ccccc2Br)no1. The van der Waals surface area contributed by atoms with Crippen LogP contribution in [0.4, 0.5) is 5.82 Å². The van der Waals surface area contributed by atoms with E-state index >= 15 is 0 Å². The number of rotatable bonds is 7. The maximum atomic E-state index is 12.1. The molecule has 0 unspecified atom stereocenters. The molecule has 1 aromatic heterocycles. The summed E-state index contributed by atoms with van der Waals surface area (Å²) >= 11 is 4.73. The van der Waals surface area contributed by atoms with Gasteiger partial charge in [-0.3, -0.25) is 9.59 Å². The molecule has 0 radical (unpaired) electrons. The number of anilines is 1. The van der Waals surface area contributed by atoms with Crippen molar-refractivity contribution in [1.82, 2.24) is 10.1 Å². The molecule has 0 atom stereocenters. The lowest BCUT2D eigenvalue weighted by molar-refractivity contribution is -0.127. The van der Waals surface area contributed by atoms with Crippen molar-refractivity contribution < 1.29 is 14.1 Å². The standard InChI is InChI=1S/C16H18BrN3O3S/c1-11-7-14(19-23-11)18-15(21)9-24-10-16(22)20(2)8-12-5-3-4-6-13(12)17/h3-7H,8-10H2,1-2H3,(H,18,19,21). The molecule has 0 saturated carbocycles. The van der Waals surface area contributed by atoms with Crippen molar-refractivity contribution in [2.75, 3.05) is 23.9 Å². The van der Waals surface area contributed by atoms with Gasteiger partial charge >= 0.3 is 0 Å². The van der Waals surface area contributed by atoms with E-state index in [2.05, 4.69) is 26.4 Å². The molecule has 6 nitrogen and oxygen atoms in total. The first-order chi connectivity index (χ1) is 11.5. The Labute approximate surface area is 153 Å². The highest BCUT2D eigenvalue weighted by atomic mass is 79.9. The van der Waals surface area contributed by atoms with E-state index in [-0.39, 0.29) is 23.3 Å². The van der Waals surface area contributed by atoms with Gasteiger partial charge in [0.25, 0.3) is 0 Å². The predicted molar refractivity (Wildman–Crippen MR) is 97.8 cm³/mol. The van der Waals surface area contributed by atoms with Crippen molar-refractivity contribution in [3.8, 4) is 0 Å². The molecule has 0 fully saturated rings. The van der Waals surface area contributed by atoms with E-state index in [0.29, 0.717) is 18.1 Å². The zero-order valence-corrected chi connectivity index (χ0v) is 15.8. The second kappa shape index (κ2) is 8.89. The molecule has 24 heavy (non-hydrogen) atoms. The zero-order chi connectivity index (χ0) is 17.5. The quantitative estimate of drug-likeness (QED) is 0.757. The highest BCUT2D eigenvalue weighted by molar-refractivity contribution is 9.10. The number of benzene rings is 1. The Bertz CT molecular complexity index is 720. The van der Waals surface area contributed by atoms with E-state index < -0.39 is 0 Å². The minimum Gasteiger partial charge on any atom is -0.360 e. The molecule has 0 aliphatic rings. The Morgan fingerprint density at radius 2 is 2.08 bits per heavy atom. The minimum absolute atomic E-state index is 0.0270. The van der Waals surface area contributed by atoms with Gasteiger partial charge in [-0.1, -0.05) is 39.3 Å². The fraction of sp³-hybridized carbons (Fsp3) is 0.312. The van der Waals surface area contributed by atoms with Crippen LogP contribution in [0.2, 0.25) is 0 Å². The summed E-state index contributed by atoms with van der Waals surface area (Å²) in [7, 11) is 1.75. The van der Waals surface area contributed by atoms with Gasteiger partial charge in [0.1, 0.15) is 5.76 Å². The molecule has 1 heterocycles. The van der Waals surface area contributed by atoms with Crippen LogP contribution in [0.15, 0.2) is 39.3 Å². The molecule has 0 aliphatic heterocycles. The molecule has 128 valence electrons. The second-order valence-corrected chi connectivity index (χ2v) is 7.04. The van der Waals surface area contributed by atoms with Crippen LogP contribution in [-0.4, -0.2) is 40.4 Å². The fourth-order valence-electron chi connectivity index (χ4n) is 1.92. The first-order valence-electron chi connectivity index (χ1n) is 7.24.